The van der Waals surface area contributed by atoms with Gasteiger partial charge in [0.15, 0.2) is 0 Å². The summed E-state index contributed by atoms with van der Waals surface area (Å²) in [4.78, 5) is 5.68. The lowest BCUT2D eigenvalue weighted by molar-refractivity contribution is -0.167. The summed E-state index contributed by atoms with van der Waals surface area (Å²) in [5, 5.41) is 11.8. The van der Waals surface area contributed by atoms with E-state index in [0.717, 1.165) is 11.3 Å². The zero-order valence-electron chi connectivity index (χ0n) is 11.5. The van der Waals surface area contributed by atoms with E-state index in [1.165, 1.54) is 0 Å². The van der Waals surface area contributed by atoms with E-state index in [9.17, 15) is 5.11 Å². The number of halogens is 1. The average molecular weight is 294 g/mol. The fraction of sp³-hybridized carbons (Fsp3) is 0.250. The Labute approximate surface area is 126 Å². The molecular weight excluding hydrogens is 274 g/mol. The highest BCUT2D eigenvalue weighted by Crippen LogP contribution is 2.13. The van der Waals surface area contributed by atoms with Crippen LogP contribution in [0.4, 0.5) is 0 Å². The predicted molar refractivity (Wildman–Crippen MR) is 82.9 cm³/mol. The minimum Gasteiger partial charge on any atom is -0.403 e. The van der Waals surface area contributed by atoms with Crippen LogP contribution < -0.4 is 4.84 Å². The van der Waals surface area contributed by atoms with Crippen LogP contribution in [-0.2, 0) is 6.42 Å². The second-order valence-electron chi connectivity index (χ2n) is 4.31. The van der Waals surface area contributed by atoms with Gasteiger partial charge in [-0.2, -0.15) is 0 Å². The fourth-order valence-corrected chi connectivity index (χ4v) is 1.88. The van der Waals surface area contributed by atoms with Crippen LogP contribution in [0.1, 0.15) is 12.5 Å². The number of benzene rings is 2. The van der Waals surface area contributed by atoms with Crippen molar-refractivity contribution in [2.75, 3.05) is 6.54 Å². The van der Waals surface area contributed by atoms with Gasteiger partial charge in [-0.3, -0.25) is 0 Å². The average Bonchev–Trinajstić information content (AvgIpc) is 2.47. The molecule has 0 aliphatic heterocycles. The molecule has 0 saturated heterocycles. The molecule has 0 aromatic heterocycles. The molecule has 3 nitrogen and oxygen atoms in total. The second kappa shape index (κ2) is 8.59. The highest BCUT2D eigenvalue weighted by atomic mass is 35.5. The van der Waals surface area contributed by atoms with Gasteiger partial charge in [0.1, 0.15) is 12.0 Å². The van der Waals surface area contributed by atoms with Crippen LogP contribution in [0, 0.1) is 0 Å². The SMILES string of the molecule is CCN(Oc1ccccc1)C(O)Cc1ccccc1.Cl. The topological polar surface area (TPSA) is 32.7 Å². The van der Waals surface area contributed by atoms with Gasteiger partial charge >= 0.3 is 0 Å². The lowest BCUT2D eigenvalue weighted by atomic mass is 10.1. The summed E-state index contributed by atoms with van der Waals surface area (Å²) in [5.41, 5.74) is 1.09. The highest BCUT2D eigenvalue weighted by molar-refractivity contribution is 5.85. The van der Waals surface area contributed by atoms with E-state index in [1.54, 1.807) is 5.06 Å². The Hall–Kier alpha value is -1.55. The maximum Gasteiger partial charge on any atom is 0.147 e. The van der Waals surface area contributed by atoms with Crippen molar-refractivity contribution in [3.63, 3.8) is 0 Å². The summed E-state index contributed by atoms with van der Waals surface area (Å²) in [6, 6.07) is 19.4. The molecule has 1 unspecified atom stereocenters. The van der Waals surface area contributed by atoms with Gasteiger partial charge in [-0.1, -0.05) is 48.5 Å². The first-order valence-corrected chi connectivity index (χ1v) is 6.51. The zero-order chi connectivity index (χ0) is 13.5. The molecular formula is C16H20ClNO2. The molecule has 2 aromatic rings. The smallest absolute Gasteiger partial charge is 0.147 e. The van der Waals surface area contributed by atoms with Gasteiger partial charge in [-0.05, 0) is 24.6 Å². The molecule has 1 atom stereocenters. The maximum absolute atomic E-state index is 10.2. The van der Waals surface area contributed by atoms with Gasteiger partial charge in [0.25, 0.3) is 0 Å². The summed E-state index contributed by atoms with van der Waals surface area (Å²) in [6.45, 7) is 2.57. The Bertz CT molecular complexity index is 478. The first-order valence-electron chi connectivity index (χ1n) is 6.51. The minimum atomic E-state index is -0.660. The van der Waals surface area contributed by atoms with Crippen molar-refractivity contribution in [1.82, 2.24) is 5.06 Å². The quantitative estimate of drug-likeness (QED) is 0.655. The number of hydrogen-bond acceptors (Lipinski definition) is 3. The summed E-state index contributed by atoms with van der Waals surface area (Å²) in [6.07, 6.45) is -0.116. The third-order valence-corrected chi connectivity index (χ3v) is 2.87. The number of likely N-dealkylation sites (N-methyl/N-ethyl adjacent to an activating group) is 1. The van der Waals surface area contributed by atoms with Gasteiger partial charge in [-0.25, -0.2) is 0 Å². The molecule has 20 heavy (non-hydrogen) atoms. The van der Waals surface area contributed by atoms with E-state index in [2.05, 4.69) is 0 Å². The van der Waals surface area contributed by atoms with Crippen LogP contribution in [0.2, 0.25) is 0 Å². The van der Waals surface area contributed by atoms with Gasteiger partial charge in [0, 0.05) is 13.0 Å². The second-order valence-corrected chi connectivity index (χ2v) is 4.31. The maximum atomic E-state index is 10.2. The van der Waals surface area contributed by atoms with E-state index in [0.29, 0.717) is 13.0 Å². The zero-order valence-corrected chi connectivity index (χ0v) is 12.3. The molecule has 0 radical (unpaired) electrons. The molecule has 4 heteroatoms. The molecule has 0 bridgehead atoms. The van der Waals surface area contributed by atoms with E-state index < -0.39 is 6.23 Å². The summed E-state index contributed by atoms with van der Waals surface area (Å²) < 4.78 is 0. The number of aliphatic hydroxyl groups excluding tert-OH is 1. The van der Waals surface area contributed by atoms with Crippen LogP contribution in [-0.4, -0.2) is 22.9 Å². The van der Waals surface area contributed by atoms with Gasteiger partial charge < -0.3 is 9.94 Å². The largest absolute Gasteiger partial charge is 0.403 e. The molecule has 1 N–H and O–H groups in total. The Kier molecular flexibility index (Phi) is 7.09. The van der Waals surface area contributed by atoms with Crippen molar-refractivity contribution in [1.29, 1.82) is 0 Å². The van der Waals surface area contributed by atoms with Crippen molar-refractivity contribution in [2.24, 2.45) is 0 Å². The fourth-order valence-electron chi connectivity index (χ4n) is 1.88. The molecule has 0 heterocycles. The van der Waals surface area contributed by atoms with Gasteiger partial charge in [0.2, 0.25) is 0 Å². The van der Waals surface area contributed by atoms with Crippen molar-refractivity contribution < 1.29 is 9.94 Å². The molecule has 0 amide bonds. The van der Waals surface area contributed by atoms with E-state index in [1.807, 2.05) is 67.6 Å². The van der Waals surface area contributed by atoms with Crippen LogP contribution >= 0.6 is 12.4 Å². The van der Waals surface area contributed by atoms with Gasteiger partial charge in [0.05, 0.1) is 0 Å². The number of para-hydroxylation sites is 1. The first kappa shape index (κ1) is 16.5. The third kappa shape index (κ3) is 4.85. The molecule has 0 aliphatic rings. The summed E-state index contributed by atoms with van der Waals surface area (Å²) in [7, 11) is 0. The summed E-state index contributed by atoms with van der Waals surface area (Å²) in [5.74, 6) is 0.733. The molecule has 2 rings (SSSR count). The van der Waals surface area contributed by atoms with E-state index in [4.69, 9.17) is 4.84 Å². The monoisotopic (exact) mass is 293 g/mol. The van der Waals surface area contributed by atoms with Crippen molar-refractivity contribution >= 4 is 12.4 Å². The van der Waals surface area contributed by atoms with E-state index in [-0.39, 0.29) is 12.4 Å². The third-order valence-electron chi connectivity index (χ3n) is 2.87. The van der Waals surface area contributed by atoms with E-state index >= 15 is 0 Å². The van der Waals surface area contributed by atoms with Gasteiger partial charge in [-0.15, -0.1) is 17.5 Å². The van der Waals surface area contributed by atoms with Crippen LogP contribution in [0.3, 0.4) is 0 Å². The normalized spacial score (nSPS) is 11.8. The minimum absolute atomic E-state index is 0. The lowest BCUT2D eigenvalue weighted by Crippen LogP contribution is -2.39. The first-order chi connectivity index (χ1) is 9.29. The summed E-state index contributed by atoms with van der Waals surface area (Å²) >= 11 is 0. The van der Waals surface area contributed by atoms with Crippen molar-refractivity contribution in [2.45, 2.75) is 19.6 Å². The molecule has 2 aromatic carbocycles. The van der Waals surface area contributed by atoms with Crippen LogP contribution in [0.5, 0.6) is 5.75 Å². The predicted octanol–water partition coefficient (Wildman–Crippen LogP) is 3.29. The van der Waals surface area contributed by atoms with Crippen LogP contribution in [0.15, 0.2) is 60.7 Å². The van der Waals surface area contributed by atoms with Crippen molar-refractivity contribution in [3.05, 3.63) is 66.2 Å². The Balaban J connectivity index is 0.00000200. The highest BCUT2D eigenvalue weighted by Gasteiger charge is 2.16. The number of hydroxylamine groups is 2. The molecule has 0 aliphatic carbocycles. The number of nitrogens with zero attached hydrogens (tertiary/aromatic N) is 1. The Morgan fingerprint density at radius 1 is 1.00 bits per heavy atom. The molecule has 0 spiro atoms. The lowest BCUT2D eigenvalue weighted by Gasteiger charge is -2.26. The molecule has 108 valence electrons. The number of aliphatic hydroxyl groups is 1. The number of rotatable bonds is 6. The Morgan fingerprint density at radius 2 is 1.55 bits per heavy atom. The molecule has 0 fully saturated rings. The number of hydrogen-bond donors (Lipinski definition) is 1. The Morgan fingerprint density at radius 3 is 2.10 bits per heavy atom. The standard InChI is InChI=1S/C16H19NO2.ClH/c1-2-17(19-15-11-7-4-8-12-15)16(18)13-14-9-5-3-6-10-14;/h3-12,16,18H,2,13H2,1H3;1H. The molecule has 0 saturated carbocycles. The van der Waals surface area contributed by atoms with Crippen LogP contribution in [0.25, 0.3) is 0 Å². The van der Waals surface area contributed by atoms with Crippen molar-refractivity contribution in [3.8, 4) is 5.75 Å².